The molecule has 0 saturated heterocycles. The molecule has 0 spiro atoms. The van der Waals surface area contributed by atoms with Crippen molar-refractivity contribution < 1.29 is 19.2 Å². The van der Waals surface area contributed by atoms with Gasteiger partial charge >= 0.3 is 0 Å². The quantitative estimate of drug-likeness (QED) is 0.571. The lowest BCUT2D eigenvalue weighted by atomic mass is 10.1. The minimum Gasteiger partial charge on any atom is -0.279 e. The summed E-state index contributed by atoms with van der Waals surface area (Å²) in [5.41, 5.74) is 4.52. The van der Waals surface area contributed by atoms with Crippen molar-refractivity contribution in [1.82, 2.24) is 15.8 Å². The summed E-state index contributed by atoms with van der Waals surface area (Å²) >= 11 is 0. The maximum Gasteiger partial charge on any atom is 0.252 e. The number of carbonyl (C=O) groups excluding carboxylic acids is 4. The molecular weight excluding hydrogens is 310 g/mol. The van der Waals surface area contributed by atoms with E-state index in [9.17, 15) is 19.2 Å². The van der Waals surface area contributed by atoms with Crippen LogP contribution in [0.4, 0.5) is 0 Å². The van der Waals surface area contributed by atoms with E-state index in [4.69, 9.17) is 0 Å². The van der Waals surface area contributed by atoms with Crippen LogP contribution in [-0.4, -0.2) is 35.1 Å². The van der Waals surface area contributed by atoms with Gasteiger partial charge in [0, 0.05) is 25.8 Å². The van der Waals surface area contributed by atoms with Gasteiger partial charge in [0.25, 0.3) is 5.91 Å². The van der Waals surface area contributed by atoms with E-state index in [0.717, 1.165) is 11.0 Å². The van der Waals surface area contributed by atoms with Crippen LogP contribution in [-0.2, 0) is 19.2 Å². The van der Waals surface area contributed by atoms with Gasteiger partial charge in [0.05, 0.1) is 0 Å². The first-order chi connectivity index (χ1) is 11.3. The minimum absolute atomic E-state index is 0.0643. The zero-order valence-corrected chi connectivity index (χ0v) is 16.1. The predicted molar refractivity (Wildman–Crippen MR) is 95.6 cm³/mol. The molecule has 24 heavy (non-hydrogen) atoms. The smallest absolute Gasteiger partial charge is 0.252 e. The fraction of sp³-hybridized carbons (Fsp3) is 0.647. The van der Waals surface area contributed by atoms with Gasteiger partial charge < -0.3 is 0 Å². The van der Waals surface area contributed by atoms with Crippen molar-refractivity contribution >= 4 is 23.6 Å². The molecule has 0 bridgehead atoms. The average Bonchev–Trinajstić information content (AvgIpc) is 2.61. The van der Waals surface area contributed by atoms with Gasteiger partial charge in [-0.05, 0) is 12.5 Å². The van der Waals surface area contributed by atoms with Crippen LogP contribution in [0.1, 0.15) is 61.3 Å². The highest BCUT2D eigenvalue weighted by molar-refractivity contribution is 6.00. The number of amides is 4. The van der Waals surface area contributed by atoms with Crippen LogP contribution in [0, 0.1) is 5.92 Å². The van der Waals surface area contributed by atoms with Crippen LogP contribution in [0.15, 0.2) is 12.7 Å². The zero-order chi connectivity index (χ0) is 19.7. The number of carbonyl (C=O) groups is 4. The Morgan fingerprint density at radius 1 is 1.08 bits per heavy atom. The van der Waals surface area contributed by atoms with Crippen molar-refractivity contribution in [2.24, 2.45) is 5.92 Å². The molecule has 0 aliphatic heterocycles. The third-order valence-electron chi connectivity index (χ3n) is 2.77. The van der Waals surface area contributed by atoms with Gasteiger partial charge in [-0.2, -0.15) is 0 Å². The molecule has 0 saturated carbocycles. The number of hydrogen-bond acceptors (Lipinski definition) is 4. The summed E-state index contributed by atoms with van der Waals surface area (Å²) in [7, 11) is 0. The fourth-order valence-electron chi connectivity index (χ4n) is 1.25. The van der Waals surface area contributed by atoms with E-state index >= 15 is 0 Å². The summed E-state index contributed by atoms with van der Waals surface area (Å²) in [6.45, 7) is 16.0. The van der Waals surface area contributed by atoms with Crippen LogP contribution < -0.4 is 10.9 Å². The molecule has 4 amide bonds. The van der Waals surface area contributed by atoms with Crippen LogP contribution >= 0.6 is 0 Å². The maximum absolute atomic E-state index is 11.5. The second-order valence-electron chi connectivity index (χ2n) is 4.31. The van der Waals surface area contributed by atoms with Crippen molar-refractivity contribution in [1.29, 1.82) is 0 Å². The van der Waals surface area contributed by atoms with E-state index in [1.165, 1.54) is 6.92 Å². The number of imide groups is 1. The molecule has 1 unspecified atom stereocenters. The summed E-state index contributed by atoms with van der Waals surface area (Å²) < 4.78 is 0. The second-order valence-corrected chi connectivity index (χ2v) is 4.31. The maximum atomic E-state index is 11.5. The first kappa shape index (κ1) is 26.7. The molecular formula is C17H33N3O4. The molecule has 1 atom stereocenters. The van der Waals surface area contributed by atoms with Gasteiger partial charge in [0.2, 0.25) is 17.7 Å². The third kappa shape index (κ3) is 12.4. The van der Waals surface area contributed by atoms with Crippen LogP contribution in [0.3, 0.4) is 0 Å². The Labute approximate surface area is 145 Å². The number of nitrogens with one attached hydrogen (secondary N) is 2. The lowest BCUT2D eigenvalue weighted by Gasteiger charge is -2.17. The lowest BCUT2D eigenvalue weighted by molar-refractivity contribution is -0.141. The molecule has 0 aliphatic carbocycles. The van der Waals surface area contributed by atoms with Gasteiger partial charge in [-0.25, -0.2) is 0 Å². The van der Waals surface area contributed by atoms with Crippen molar-refractivity contribution in [3.8, 4) is 0 Å². The molecule has 7 nitrogen and oxygen atoms in total. The lowest BCUT2D eigenvalue weighted by Crippen LogP contribution is -2.45. The van der Waals surface area contributed by atoms with Gasteiger partial charge in [-0.15, -0.1) is 0 Å². The number of hydrazine groups is 1. The van der Waals surface area contributed by atoms with Gasteiger partial charge in [0.1, 0.15) is 0 Å². The monoisotopic (exact) mass is 343 g/mol. The average molecular weight is 343 g/mol. The van der Waals surface area contributed by atoms with E-state index < -0.39 is 17.7 Å². The first-order valence-electron chi connectivity index (χ1n) is 8.36. The molecule has 0 aromatic heterocycles. The van der Waals surface area contributed by atoms with Crippen molar-refractivity contribution in [3.05, 3.63) is 12.7 Å². The Bertz CT molecular complexity index is 409. The molecule has 0 aliphatic rings. The van der Waals surface area contributed by atoms with Crippen molar-refractivity contribution in [2.45, 2.75) is 61.3 Å². The summed E-state index contributed by atoms with van der Waals surface area (Å²) in [6.07, 6.45) is 1.57. The predicted octanol–water partition coefficient (Wildman–Crippen LogP) is 2.18. The molecule has 7 heteroatoms. The Morgan fingerprint density at radius 2 is 1.58 bits per heavy atom. The Kier molecular flexibility index (Phi) is 19.1. The van der Waals surface area contributed by atoms with Crippen LogP contribution in [0.2, 0.25) is 0 Å². The molecule has 140 valence electrons. The van der Waals surface area contributed by atoms with Gasteiger partial charge in [-0.3, -0.25) is 34.9 Å². The Balaban J connectivity index is -0.00000102. The van der Waals surface area contributed by atoms with E-state index in [2.05, 4.69) is 17.4 Å². The van der Waals surface area contributed by atoms with E-state index in [0.29, 0.717) is 6.42 Å². The highest BCUT2D eigenvalue weighted by atomic mass is 16.2. The number of rotatable bonds is 6. The summed E-state index contributed by atoms with van der Waals surface area (Å²) in [5.74, 6) is -2.00. The minimum atomic E-state index is -0.561. The SMILES string of the molecule is C=CC(=O)N(CCC(=O)NNC(=O)C(C)CC)C(C)=O.CC.CC. The van der Waals surface area contributed by atoms with Crippen molar-refractivity contribution in [2.75, 3.05) is 6.54 Å². The molecule has 0 aromatic carbocycles. The molecule has 0 rings (SSSR count). The molecule has 0 heterocycles. The van der Waals surface area contributed by atoms with Gasteiger partial charge in [0.15, 0.2) is 0 Å². The highest BCUT2D eigenvalue weighted by Gasteiger charge is 2.17. The highest BCUT2D eigenvalue weighted by Crippen LogP contribution is 1.99. The zero-order valence-electron chi connectivity index (χ0n) is 16.1. The topological polar surface area (TPSA) is 95.6 Å². The Hall–Kier alpha value is -2.18. The van der Waals surface area contributed by atoms with E-state index in [-0.39, 0.29) is 24.8 Å². The largest absolute Gasteiger partial charge is 0.279 e. The second kappa shape index (κ2) is 17.2. The van der Waals surface area contributed by atoms with E-state index in [1.807, 2.05) is 34.6 Å². The summed E-state index contributed by atoms with van der Waals surface area (Å²) in [4.78, 5) is 46.4. The molecule has 0 aromatic rings. The molecule has 2 N–H and O–H groups in total. The van der Waals surface area contributed by atoms with E-state index in [1.54, 1.807) is 6.92 Å². The van der Waals surface area contributed by atoms with Crippen molar-refractivity contribution in [3.63, 3.8) is 0 Å². The number of nitrogens with zero attached hydrogens (tertiary/aromatic N) is 1. The number of hydrogen-bond donors (Lipinski definition) is 2. The standard InChI is InChI=1S/C13H21N3O4.2C2H6/c1-5-9(3)13(20)15-14-11(18)7-8-16(10(4)17)12(19)6-2;2*1-2/h6,9H,2,5,7-8H2,1,3-4H3,(H,14,18)(H,15,20);2*1-2H3. The van der Waals surface area contributed by atoms with Crippen LogP contribution in [0.25, 0.3) is 0 Å². The first-order valence-corrected chi connectivity index (χ1v) is 8.36. The summed E-state index contributed by atoms with van der Waals surface area (Å²) in [6, 6.07) is 0. The van der Waals surface area contributed by atoms with Gasteiger partial charge in [-0.1, -0.05) is 48.1 Å². The van der Waals surface area contributed by atoms with Crippen LogP contribution in [0.5, 0.6) is 0 Å². The molecule has 0 radical (unpaired) electrons. The molecule has 0 fully saturated rings. The summed E-state index contributed by atoms with van der Waals surface area (Å²) in [5, 5.41) is 0. The Morgan fingerprint density at radius 3 is 1.96 bits per heavy atom. The normalized spacial score (nSPS) is 9.79. The third-order valence-corrected chi connectivity index (χ3v) is 2.77. The fourth-order valence-corrected chi connectivity index (χ4v) is 1.25.